The Morgan fingerprint density at radius 1 is 1.39 bits per heavy atom. The zero-order valence-corrected chi connectivity index (χ0v) is 16.7. The summed E-state index contributed by atoms with van der Waals surface area (Å²) in [5.74, 6) is 0.0700. The van der Waals surface area contributed by atoms with Crippen molar-refractivity contribution in [3.05, 3.63) is 32.6 Å². The first-order valence-corrected chi connectivity index (χ1v) is 9.42. The van der Waals surface area contributed by atoms with E-state index in [1.807, 2.05) is 20.8 Å². The average Bonchev–Trinajstić information content (AvgIpc) is 3.09. The maximum Gasteiger partial charge on any atom is 0.330 e. The SMILES string of the molecule is CCCCn1c(N)c(N(CC)CC(=O)Nc2cc(C(C)C)no2)c(=O)[nH]c1=O. The van der Waals surface area contributed by atoms with Gasteiger partial charge in [-0.1, -0.05) is 32.3 Å². The van der Waals surface area contributed by atoms with Crippen LogP contribution >= 0.6 is 0 Å². The van der Waals surface area contributed by atoms with Crippen LogP contribution in [0.1, 0.15) is 52.1 Å². The highest BCUT2D eigenvalue weighted by Gasteiger charge is 2.20. The van der Waals surface area contributed by atoms with E-state index in [9.17, 15) is 14.4 Å². The lowest BCUT2D eigenvalue weighted by Gasteiger charge is -2.24. The molecule has 0 aliphatic heterocycles. The van der Waals surface area contributed by atoms with Crippen molar-refractivity contribution < 1.29 is 9.32 Å². The van der Waals surface area contributed by atoms with Crippen molar-refractivity contribution in [1.29, 1.82) is 0 Å². The Labute approximate surface area is 162 Å². The van der Waals surface area contributed by atoms with Gasteiger partial charge < -0.3 is 15.2 Å². The molecule has 154 valence electrons. The number of aromatic amines is 1. The molecule has 2 heterocycles. The number of carbonyl (C=O) groups excluding carboxylic acids is 1. The number of aromatic nitrogens is 3. The van der Waals surface area contributed by atoms with Crippen LogP contribution in [0, 0.1) is 0 Å². The first kappa shape index (κ1) is 21.3. The molecule has 0 aliphatic rings. The van der Waals surface area contributed by atoms with Gasteiger partial charge in [0.1, 0.15) is 11.5 Å². The zero-order valence-electron chi connectivity index (χ0n) is 16.7. The van der Waals surface area contributed by atoms with Gasteiger partial charge in [-0.3, -0.25) is 24.5 Å². The van der Waals surface area contributed by atoms with Crippen LogP contribution in [0.25, 0.3) is 0 Å². The molecule has 0 aliphatic carbocycles. The molecule has 0 aromatic carbocycles. The standard InChI is InChI=1S/C18H28N6O4/c1-5-7-8-24-16(19)15(17(26)21-18(24)27)23(6-2)10-13(25)20-14-9-12(11(3)4)22-28-14/h9,11H,5-8,10,19H2,1-4H3,(H,20,25)(H,21,26,27). The molecule has 28 heavy (non-hydrogen) atoms. The van der Waals surface area contributed by atoms with E-state index in [1.54, 1.807) is 13.0 Å². The summed E-state index contributed by atoms with van der Waals surface area (Å²) in [7, 11) is 0. The second kappa shape index (κ2) is 9.25. The van der Waals surface area contributed by atoms with Crippen LogP contribution in [-0.2, 0) is 11.3 Å². The quantitative estimate of drug-likeness (QED) is 0.587. The van der Waals surface area contributed by atoms with E-state index >= 15 is 0 Å². The predicted molar refractivity (Wildman–Crippen MR) is 108 cm³/mol. The summed E-state index contributed by atoms with van der Waals surface area (Å²) in [6.45, 7) is 8.32. The number of nitrogens with one attached hydrogen (secondary N) is 2. The molecule has 0 atom stereocenters. The number of likely N-dealkylation sites (N-methyl/N-ethyl adjacent to an activating group) is 1. The van der Waals surface area contributed by atoms with E-state index in [1.165, 1.54) is 9.47 Å². The minimum Gasteiger partial charge on any atom is -0.383 e. The van der Waals surface area contributed by atoms with Gasteiger partial charge in [0.05, 0.1) is 12.2 Å². The smallest absolute Gasteiger partial charge is 0.330 e. The highest BCUT2D eigenvalue weighted by atomic mass is 16.5. The summed E-state index contributed by atoms with van der Waals surface area (Å²) in [5.41, 5.74) is 5.77. The van der Waals surface area contributed by atoms with Gasteiger partial charge in [-0.05, 0) is 19.3 Å². The lowest BCUT2D eigenvalue weighted by molar-refractivity contribution is -0.115. The van der Waals surface area contributed by atoms with Crippen LogP contribution < -0.4 is 27.2 Å². The topological polar surface area (TPSA) is 139 Å². The summed E-state index contributed by atoms with van der Waals surface area (Å²) in [6.07, 6.45) is 1.61. The second-order valence-electron chi connectivity index (χ2n) is 6.83. The van der Waals surface area contributed by atoms with Crippen molar-refractivity contribution in [1.82, 2.24) is 14.7 Å². The van der Waals surface area contributed by atoms with E-state index in [2.05, 4.69) is 15.5 Å². The molecule has 2 rings (SSSR count). The van der Waals surface area contributed by atoms with Gasteiger partial charge in [0.25, 0.3) is 5.56 Å². The summed E-state index contributed by atoms with van der Waals surface area (Å²) in [6, 6.07) is 1.66. The number of rotatable bonds is 9. The molecule has 0 saturated heterocycles. The largest absolute Gasteiger partial charge is 0.383 e. The third-order valence-corrected chi connectivity index (χ3v) is 4.36. The molecule has 0 radical (unpaired) electrons. The van der Waals surface area contributed by atoms with Gasteiger partial charge in [-0.25, -0.2) is 4.79 Å². The molecule has 4 N–H and O–H groups in total. The van der Waals surface area contributed by atoms with Crippen molar-refractivity contribution in [3.8, 4) is 0 Å². The summed E-state index contributed by atoms with van der Waals surface area (Å²) in [5, 5.41) is 6.51. The Morgan fingerprint density at radius 3 is 2.68 bits per heavy atom. The van der Waals surface area contributed by atoms with E-state index in [0.29, 0.717) is 13.1 Å². The molecule has 2 aromatic heterocycles. The summed E-state index contributed by atoms with van der Waals surface area (Å²) in [4.78, 5) is 40.6. The molecule has 0 unspecified atom stereocenters. The van der Waals surface area contributed by atoms with Gasteiger partial charge in [0.15, 0.2) is 0 Å². The van der Waals surface area contributed by atoms with Crippen LogP contribution in [0.5, 0.6) is 0 Å². The molecule has 0 fully saturated rings. The molecule has 10 nitrogen and oxygen atoms in total. The van der Waals surface area contributed by atoms with Gasteiger partial charge in [-0.2, -0.15) is 0 Å². The average molecular weight is 392 g/mol. The van der Waals surface area contributed by atoms with Crippen molar-refractivity contribution in [3.63, 3.8) is 0 Å². The number of H-pyrrole nitrogens is 1. The number of unbranched alkanes of at least 4 members (excludes halogenated alkanes) is 1. The normalized spacial score (nSPS) is 11.0. The maximum atomic E-state index is 12.4. The Morgan fingerprint density at radius 2 is 2.11 bits per heavy atom. The van der Waals surface area contributed by atoms with Crippen LogP contribution in [0.15, 0.2) is 20.2 Å². The number of hydrogen-bond acceptors (Lipinski definition) is 7. The lowest BCUT2D eigenvalue weighted by atomic mass is 10.1. The third kappa shape index (κ3) is 4.81. The van der Waals surface area contributed by atoms with Crippen molar-refractivity contribution in [2.24, 2.45) is 0 Å². The van der Waals surface area contributed by atoms with E-state index in [-0.39, 0.29) is 29.9 Å². The van der Waals surface area contributed by atoms with E-state index in [0.717, 1.165) is 18.5 Å². The lowest BCUT2D eigenvalue weighted by Crippen LogP contribution is -2.41. The number of nitrogens with zero attached hydrogens (tertiary/aromatic N) is 3. The number of carbonyl (C=O) groups is 1. The molecule has 10 heteroatoms. The number of nitrogen functional groups attached to an aromatic ring is 1. The third-order valence-electron chi connectivity index (χ3n) is 4.36. The van der Waals surface area contributed by atoms with Crippen molar-refractivity contribution >= 4 is 23.3 Å². The fourth-order valence-corrected chi connectivity index (χ4v) is 2.74. The van der Waals surface area contributed by atoms with Gasteiger partial charge in [0, 0.05) is 19.2 Å². The minimum absolute atomic E-state index is 0.0543. The van der Waals surface area contributed by atoms with E-state index < -0.39 is 17.2 Å². The zero-order chi connectivity index (χ0) is 20.8. The predicted octanol–water partition coefficient (Wildman–Crippen LogP) is 1.50. The number of nitrogens with two attached hydrogens (primary N) is 1. The molecule has 1 amide bonds. The molecule has 0 saturated carbocycles. The van der Waals surface area contributed by atoms with Crippen LogP contribution in [-0.4, -0.2) is 33.7 Å². The van der Waals surface area contributed by atoms with Crippen molar-refractivity contribution in [2.75, 3.05) is 29.0 Å². The fraction of sp³-hybridized carbons (Fsp3) is 0.556. The van der Waals surface area contributed by atoms with Crippen LogP contribution in [0.3, 0.4) is 0 Å². The Bertz CT molecular complexity index is 927. The van der Waals surface area contributed by atoms with Gasteiger partial charge in [0.2, 0.25) is 11.8 Å². The number of anilines is 3. The minimum atomic E-state index is -0.619. The Kier molecular flexibility index (Phi) is 7.02. The summed E-state index contributed by atoms with van der Waals surface area (Å²) < 4.78 is 6.43. The van der Waals surface area contributed by atoms with Gasteiger partial charge >= 0.3 is 5.69 Å². The Hall–Kier alpha value is -3.04. The molecule has 2 aromatic rings. The Balaban J connectivity index is 2.23. The van der Waals surface area contributed by atoms with Crippen LogP contribution in [0.4, 0.5) is 17.4 Å². The number of hydrogen-bond donors (Lipinski definition) is 3. The molecular weight excluding hydrogens is 364 g/mol. The van der Waals surface area contributed by atoms with Crippen molar-refractivity contribution in [2.45, 2.75) is 53.0 Å². The molecule has 0 spiro atoms. The van der Waals surface area contributed by atoms with Gasteiger partial charge in [-0.15, -0.1) is 0 Å². The highest BCUT2D eigenvalue weighted by molar-refractivity contribution is 5.93. The van der Waals surface area contributed by atoms with Crippen LogP contribution in [0.2, 0.25) is 0 Å². The highest BCUT2D eigenvalue weighted by Crippen LogP contribution is 2.19. The first-order valence-electron chi connectivity index (χ1n) is 9.42. The summed E-state index contributed by atoms with van der Waals surface area (Å²) >= 11 is 0. The molecular formula is C18H28N6O4. The second-order valence-corrected chi connectivity index (χ2v) is 6.83. The monoisotopic (exact) mass is 392 g/mol. The van der Waals surface area contributed by atoms with E-state index in [4.69, 9.17) is 10.3 Å². The maximum absolute atomic E-state index is 12.4. The molecule has 0 bridgehead atoms. The first-order chi connectivity index (χ1) is 13.3. The number of amides is 1. The fourth-order valence-electron chi connectivity index (χ4n) is 2.74.